The zero-order valence-corrected chi connectivity index (χ0v) is 23.4. The summed E-state index contributed by atoms with van der Waals surface area (Å²) in [5.41, 5.74) is 1.36. The van der Waals surface area contributed by atoms with E-state index in [1.54, 1.807) is 5.20 Å². The van der Waals surface area contributed by atoms with Crippen molar-refractivity contribution in [2.45, 2.75) is 101 Å². The SMILES string of the molecule is C=CC[C@@H]1C=C[C@@H]2O[C@@H]3C/C=C\C([Si](CC)(CC)CC)=C/[C@@H](CCc4ccccc4)O[C@H]3C=C[C@H]2O1. The third-order valence-electron chi connectivity index (χ3n) is 8.33. The minimum absolute atomic E-state index is 0.0374. The third-order valence-corrected chi connectivity index (χ3v) is 13.9. The fourth-order valence-electron chi connectivity index (χ4n) is 5.84. The van der Waals surface area contributed by atoms with E-state index in [2.05, 4.69) is 100 Å². The standard InChI is InChI=1S/C32H44O3Si/c1-5-13-26-20-21-32-31(33-26)23-22-30-29(35-32)17-12-16-28(36(6-2,7-3)8-4)24-27(34-30)19-18-25-14-10-9-11-15-25/h5,9-12,14-16,20-24,26-27,29-32H,1,6-8,13,17-19H2,2-4H3/b16-12-,28-24+/t26-,27-,29-,30+,31-,32+/m1/s1. The molecule has 0 saturated carbocycles. The molecule has 4 rings (SSSR count). The molecule has 1 aromatic rings. The highest BCUT2D eigenvalue weighted by Crippen LogP contribution is 2.34. The van der Waals surface area contributed by atoms with Crippen LogP contribution in [0, 0.1) is 0 Å². The van der Waals surface area contributed by atoms with E-state index in [-0.39, 0.29) is 36.6 Å². The molecule has 0 bridgehead atoms. The Bertz CT molecular complexity index is 951. The minimum atomic E-state index is -1.55. The summed E-state index contributed by atoms with van der Waals surface area (Å²) in [7, 11) is -1.55. The molecule has 0 radical (unpaired) electrons. The van der Waals surface area contributed by atoms with Crippen molar-refractivity contribution in [1.82, 2.24) is 0 Å². The average molecular weight is 505 g/mol. The first-order chi connectivity index (χ1) is 17.6. The monoisotopic (exact) mass is 504 g/mol. The molecule has 0 aromatic heterocycles. The molecule has 194 valence electrons. The number of hydrogen-bond donors (Lipinski definition) is 0. The molecule has 6 atom stereocenters. The first-order valence-corrected chi connectivity index (χ1v) is 16.6. The second-order valence-corrected chi connectivity index (χ2v) is 15.6. The molecular formula is C32H44O3Si. The number of benzene rings is 1. The Morgan fingerprint density at radius 2 is 1.53 bits per heavy atom. The molecule has 36 heavy (non-hydrogen) atoms. The smallest absolute Gasteiger partial charge is 0.106 e. The largest absolute Gasteiger partial charge is 0.364 e. The van der Waals surface area contributed by atoms with Crippen LogP contribution in [0.5, 0.6) is 0 Å². The highest BCUT2D eigenvalue weighted by Gasteiger charge is 2.36. The van der Waals surface area contributed by atoms with E-state index in [1.807, 2.05) is 6.08 Å². The van der Waals surface area contributed by atoms with Gasteiger partial charge in [-0.25, -0.2) is 0 Å². The Balaban J connectivity index is 1.61. The van der Waals surface area contributed by atoms with Crippen LogP contribution in [0.1, 0.15) is 45.6 Å². The first kappa shape index (κ1) is 27.1. The molecule has 0 amide bonds. The van der Waals surface area contributed by atoms with Gasteiger partial charge in [-0.1, -0.05) is 123 Å². The predicted octanol–water partition coefficient (Wildman–Crippen LogP) is 7.53. The summed E-state index contributed by atoms with van der Waals surface area (Å²) in [6, 6.07) is 14.6. The van der Waals surface area contributed by atoms with Crippen LogP contribution in [0.25, 0.3) is 0 Å². The van der Waals surface area contributed by atoms with Crippen LogP contribution >= 0.6 is 0 Å². The second-order valence-electron chi connectivity index (χ2n) is 10.3. The number of allylic oxidation sites excluding steroid dienone is 2. The summed E-state index contributed by atoms with van der Waals surface area (Å²) in [5, 5.41) is 1.56. The molecule has 0 spiro atoms. The van der Waals surface area contributed by atoms with Gasteiger partial charge in [0, 0.05) is 0 Å². The van der Waals surface area contributed by atoms with Gasteiger partial charge in [-0.2, -0.15) is 0 Å². The first-order valence-electron chi connectivity index (χ1n) is 14.0. The van der Waals surface area contributed by atoms with Gasteiger partial charge in [0.05, 0.1) is 26.4 Å². The van der Waals surface area contributed by atoms with Crippen molar-refractivity contribution < 1.29 is 14.2 Å². The number of fused-ring (bicyclic) bond motifs is 2. The Labute approximate surface area is 219 Å². The molecular weight excluding hydrogens is 460 g/mol. The van der Waals surface area contributed by atoms with Crippen LogP contribution in [0.15, 0.2) is 90.7 Å². The van der Waals surface area contributed by atoms with Crippen molar-refractivity contribution in [3.8, 4) is 0 Å². The van der Waals surface area contributed by atoms with Crippen LogP contribution in [0.4, 0.5) is 0 Å². The molecule has 0 fully saturated rings. The Morgan fingerprint density at radius 3 is 2.25 bits per heavy atom. The summed E-state index contributed by atoms with van der Waals surface area (Å²) in [5.74, 6) is 0. The Kier molecular flexibility index (Phi) is 9.78. The van der Waals surface area contributed by atoms with Crippen molar-refractivity contribution in [2.24, 2.45) is 0 Å². The van der Waals surface area contributed by atoms with Crippen LogP contribution in [-0.2, 0) is 20.6 Å². The van der Waals surface area contributed by atoms with E-state index in [9.17, 15) is 0 Å². The lowest BCUT2D eigenvalue weighted by Gasteiger charge is -2.32. The van der Waals surface area contributed by atoms with E-state index in [0.717, 1.165) is 25.7 Å². The van der Waals surface area contributed by atoms with Crippen molar-refractivity contribution in [1.29, 1.82) is 0 Å². The highest BCUT2D eigenvalue weighted by molar-refractivity contribution is 6.87. The maximum atomic E-state index is 6.91. The van der Waals surface area contributed by atoms with E-state index in [1.165, 1.54) is 23.7 Å². The maximum Gasteiger partial charge on any atom is 0.106 e. The van der Waals surface area contributed by atoms with E-state index < -0.39 is 8.07 Å². The fraction of sp³-hybridized carbons (Fsp3) is 0.500. The van der Waals surface area contributed by atoms with Crippen molar-refractivity contribution in [3.05, 3.63) is 96.3 Å². The molecule has 3 nitrogen and oxygen atoms in total. The molecule has 1 aromatic carbocycles. The van der Waals surface area contributed by atoms with Crippen LogP contribution < -0.4 is 0 Å². The summed E-state index contributed by atoms with van der Waals surface area (Å²) in [6.45, 7) is 11.0. The lowest BCUT2D eigenvalue weighted by molar-refractivity contribution is -0.117. The highest BCUT2D eigenvalue weighted by atomic mass is 28.3. The van der Waals surface area contributed by atoms with E-state index in [0.29, 0.717) is 0 Å². The molecule has 3 aliphatic heterocycles. The van der Waals surface area contributed by atoms with Crippen LogP contribution in [0.2, 0.25) is 18.1 Å². The third kappa shape index (κ3) is 6.47. The molecule has 0 saturated heterocycles. The Morgan fingerprint density at radius 1 is 0.861 bits per heavy atom. The minimum Gasteiger partial charge on any atom is -0.364 e. The van der Waals surface area contributed by atoms with Crippen molar-refractivity contribution in [2.75, 3.05) is 0 Å². The van der Waals surface area contributed by atoms with Gasteiger partial charge in [0.1, 0.15) is 18.3 Å². The van der Waals surface area contributed by atoms with Crippen molar-refractivity contribution >= 4 is 8.07 Å². The topological polar surface area (TPSA) is 27.7 Å². The quantitative estimate of drug-likeness (QED) is 0.257. The summed E-state index contributed by atoms with van der Waals surface area (Å²) < 4.78 is 19.9. The zero-order valence-electron chi connectivity index (χ0n) is 22.4. The van der Waals surface area contributed by atoms with Crippen LogP contribution in [-0.4, -0.2) is 44.7 Å². The lowest BCUT2D eigenvalue weighted by Crippen LogP contribution is -2.39. The Hall–Kier alpha value is -1.98. The number of rotatable bonds is 9. The number of aryl methyl sites for hydroxylation is 1. The molecule has 3 heterocycles. The molecule has 4 heteroatoms. The fourth-order valence-corrected chi connectivity index (χ4v) is 9.57. The van der Waals surface area contributed by atoms with Gasteiger partial charge in [-0.3, -0.25) is 0 Å². The van der Waals surface area contributed by atoms with Gasteiger partial charge in [0.25, 0.3) is 0 Å². The van der Waals surface area contributed by atoms with E-state index >= 15 is 0 Å². The average Bonchev–Trinajstić information content (AvgIpc) is 3.02. The second kappa shape index (κ2) is 13.0. The zero-order chi connectivity index (χ0) is 25.4. The maximum absolute atomic E-state index is 6.91. The summed E-state index contributed by atoms with van der Waals surface area (Å²) in [6.07, 6.45) is 21.2. The molecule has 0 unspecified atom stereocenters. The molecule has 0 aliphatic carbocycles. The van der Waals surface area contributed by atoms with Gasteiger partial charge in [-0.05, 0) is 31.2 Å². The van der Waals surface area contributed by atoms with E-state index in [4.69, 9.17) is 14.2 Å². The van der Waals surface area contributed by atoms with Gasteiger partial charge in [-0.15, -0.1) is 6.58 Å². The van der Waals surface area contributed by atoms with Gasteiger partial charge in [0.2, 0.25) is 0 Å². The predicted molar refractivity (Wildman–Crippen MR) is 153 cm³/mol. The summed E-state index contributed by atoms with van der Waals surface area (Å²) in [4.78, 5) is 0. The molecule has 0 N–H and O–H groups in total. The molecule has 3 aliphatic rings. The van der Waals surface area contributed by atoms with Crippen LogP contribution in [0.3, 0.4) is 0 Å². The normalized spacial score (nSPS) is 32.6. The van der Waals surface area contributed by atoms with Gasteiger partial charge in [0.15, 0.2) is 0 Å². The lowest BCUT2D eigenvalue weighted by atomic mass is 10.1. The van der Waals surface area contributed by atoms with Crippen molar-refractivity contribution in [3.63, 3.8) is 0 Å². The summed E-state index contributed by atoms with van der Waals surface area (Å²) >= 11 is 0. The van der Waals surface area contributed by atoms with Gasteiger partial charge < -0.3 is 14.2 Å². The number of ether oxygens (including phenoxy) is 3. The van der Waals surface area contributed by atoms with Gasteiger partial charge >= 0.3 is 0 Å². The number of hydrogen-bond acceptors (Lipinski definition) is 3.